The molecule has 1 aliphatic heterocycles. The summed E-state index contributed by atoms with van der Waals surface area (Å²) in [5.41, 5.74) is 0.353. The van der Waals surface area contributed by atoms with Crippen LogP contribution in [0.25, 0.3) is 0 Å². The highest BCUT2D eigenvalue weighted by atomic mass is 35.5. The monoisotopic (exact) mass is 497 g/mol. The molecule has 13 heteroatoms. The van der Waals surface area contributed by atoms with Crippen molar-refractivity contribution in [3.05, 3.63) is 47.5 Å². The normalized spacial score (nSPS) is 13.5. The summed E-state index contributed by atoms with van der Waals surface area (Å²) in [6, 6.07) is 7.89. The highest BCUT2D eigenvalue weighted by Gasteiger charge is 2.24. The smallest absolute Gasteiger partial charge is 0.325 e. The number of hydrogen-bond acceptors (Lipinski definition) is 8. The number of anilines is 1. The first-order valence-corrected chi connectivity index (χ1v) is 11.5. The second-order valence-electron chi connectivity index (χ2n) is 6.77. The molecular weight excluding hydrogens is 478 g/mol. The lowest BCUT2D eigenvalue weighted by atomic mass is 10.2. The Balaban J connectivity index is 1.45. The van der Waals surface area contributed by atoms with Gasteiger partial charge in [-0.25, -0.2) is 13.2 Å². The molecule has 0 aliphatic carbocycles. The molecule has 2 aromatic rings. The summed E-state index contributed by atoms with van der Waals surface area (Å²) in [7, 11) is -4.01. The summed E-state index contributed by atoms with van der Waals surface area (Å²) >= 11 is 5.73. The Kier molecular flexibility index (Phi) is 7.74. The standard InChI is InChI=1S/C20H20ClN3O8S/c1-12(24-33(28,29)15-5-2-13(21)3-6-15)19(26)32-11-18(25)23-20(27)22-14-4-7-16-17(10-14)31-9-8-30-16/h2-7,10,12,24H,8-9,11H2,1H3,(H2,22,23,25,27)/t12-/m0/s1. The average molecular weight is 498 g/mol. The van der Waals surface area contributed by atoms with Crippen molar-refractivity contribution >= 4 is 45.2 Å². The Labute approximate surface area is 194 Å². The van der Waals surface area contributed by atoms with E-state index in [4.69, 9.17) is 25.8 Å². The minimum atomic E-state index is -4.01. The highest BCUT2D eigenvalue weighted by molar-refractivity contribution is 7.89. The van der Waals surface area contributed by atoms with Crippen molar-refractivity contribution in [1.29, 1.82) is 0 Å². The van der Waals surface area contributed by atoms with Gasteiger partial charge in [-0.15, -0.1) is 0 Å². The quantitative estimate of drug-likeness (QED) is 0.489. The lowest BCUT2D eigenvalue weighted by Crippen LogP contribution is -2.42. The number of benzene rings is 2. The van der Waals surface area contributed by atoms with Crippen molar-refractivity contribution in [1.82, 2.24) is 10.0 Å². The minimum Gasteiger partial charge on any atom is -0.486 e. The number of imide groups is 1. The van der Waals surface area contributed by atoms with E-state index in [0.29, 0.717) is 35.4 Å². The molecule has 1 atom stereocenters. The van der Waals surface area contributed by atoms with Crippen LogP contribution >= 0.6 is 11.6 Å². The van der Waals surface area contributed by atoms with Crippen LogP contribution in [0.5, 0.6) is 11.5 Å². The number of nitrogens with one attached hydrogen (secondary N) is 3. The molecule has 33 heavy (non-hydrogen) atoms. The fraction of sp³-hybridized carbons (Fsp3) is 0.250. The number of urea groups is 1. The van der Waals surface area contributed by atoms with Gasteiger partial charge in [0.2, 0.25) is 10.0 Å². The lowest BCUT2D eigenvalue weighted by molar-refractivity contribution is -0.149. The maximum atomic E-state index is 12.3. The lowest BCUT2D eigenvalue weighted by Gasteiger charge is -2.19. The number of ether oxygens (including phenoxy) is 3. The molecule has 3 rings (SSSR count). The molecular formula is C20H20ClN3O8S. The van der Waals surface area contributed by atoms with E-state index in [0.717, 1.165) is 0 Å². The third-order valence-corrected chi connectivity index (χ3v) is 6.02. The molecule has 3 N–H and O–H groups in total. The van der Waals surface area contributed by atoms with Crippen LogP contribution < -0.4 is 24.8 Å². The number of halogens is 1. The molecule has 1 aliphatic rings. The number of esters is 1. The van der Waals surface area contributed by atoms with Gasteiger partial charge in [-0.3, -0.25) is 14.9 Å². The van der Waals surface area contributed by atoms with Gasteiger partial charge < -0.3 is 19.5 Å². The zero-order chi connectivity index (χ0) is 24.0. The Morgan fingerprint density at radius 3 is 2.42 bits per heavy atom. The zero-order valence-electron chi connectivity index (χ0n) is 17.3. The van der Waals surface area contributed by atoms with Crippen molar-refractivity contribution in [3.8, 4) is 11.5 Å². The summed E-state index contributed by atoms with van der Waals surface area (Å²) in [5, 5.41) is 4.78. The number of rotatable bonds is 7. The molecule has 11 nitrogen and oxygen atoms in total. The molecule has 0 saturated heterocycles. The summed E-state index contributed by atoms with van der Waals surface area (Å²) in [5.74, 6) is -0.925. The van der Waals surface area contributed by atoms with Gasteiger partial charge in [-0.1, -0.05) is 11.6 Å². The predicted octanol–water partition coefficient (Wildman–Crippen LogP) is 1.67. The molecule has 0 spiro atoms. The molecule has 0 unspecified atom stereocenters. The largest absolute Gasteiger partial charge is 0.486 e. The van der Waals surface area contributed by atoms with Crippen LogP contribution in [0, 0.1) is 0 Å². The van der Waals surface area contributed by atoms with E-state index in [1.165, 1.54) is 37.3 Å². The van der Waals surface area contributed by atoms with Gasteiger partial charge in [0.25, 0.3) is 5.91 Å². The molecule has 2 aromatic carbocycles. The van der Waals surface area contributed by atoms with Crippen LogP contribution in [0.3, 0.4) is 0 Å². The number of carbonyl (C=O) groups is 3. The minimum absolute atomic E-state index is 0.0971. The van der Waals surface area contributed by atoms with Gasteiger partial charge in [0.15, 0.2) is 18.1 Å². The highest BCUT2D eigenvalue weighted by Crippen LogP contribution is 2.32. The Morgan fingerprint density at radius 2 is 1.73 bits per heavy atom. The van der Waals surface area contributed by atoms with Crippen molar-refractivity contribution < 1.29 is 37.0 Å². The number of carbonyl (C=O) groups excluding carboxylic acids is 3. The summed E-state index contributed by atoms with van der Waals surface area (Å²) < 4.78 is 42.3. The zero-order valence-corrected chi connectivity index (χ0v) is 18.9. The van der Waals surface area contributed by atoms with E-state index in [1.54, 1.807) is 12.1 Å². The third kappa shape index (κ3) is 6.81. The van der Waals surface area contributed by atoms with Crippen molar-refractivity contribution in [2.24, 2.45) is 0 Å². The van der Waals surface area contributed by atoms with Gasteiger partial charge in [0, 0.05) is 16.8 Å². The van der Waals surface area contributed by atoms with E-state index in [1.807, 2.05) is 5.32 Å². The van der Waals surface area contributed by atoms with E-state index < -0.39 is 40.6 Å². The first-order valence-electron chi connectivity index (χ1n) is 9.59. The van der Waals surface area contributed by atoms with Crippen LogP contribution in [0.2, 0.25) is 5.02 Å². The number of hydrogen-bond donors (Lipinski definition) is 3. The Morgan fingerprint density at radius 1 is 1.06 bits per heavy atom. The molecule has 0 radical (unpaired) electrons. The van der Waals surface area contributed by atoms with Crippen LogP contribution in [-0.2, 0) is 24.3 Å². The van der Waals surface area contributed by atoms with E-state index in [9.17, 15) is 22.8 Å². The maximum Gasteiger partial charge on any atom is 0.325 e. The molecule has 176 valence electrons. The fourth-order valence-corrected chi connectivity index (χ4v) is 3.99. The molecule has 0 bridgehead atoms. The van der Waals surface area contributed by atoms with Crippen molar-refractivity contribution in [3.63, 3.8) is 0 Å². The molecule has 0 saturated carbocycles. The van der Waals surface area contributed by atoms with Crippen molar-refractivity contribution in [2.45, 2.75) is 17.9 Å². The third-order valence-electron chi connectivity index (χ3n) is 4.21. The summed E-state index contributed by atoms with van der Waals surface area (Å²) in [4.78, 5) is 35.8. The number of sulfonamides is 1. The van der Waals surface area contributed by atoms with Crippen LogP contribution in [0.4, 0.5) is 10.5 Å². The Bertz CT molecular complexity index is 1150. The van der Waals surface area contributed by atoms with Crippen molar-refractivity contribution in [2.75, 3.05) is 25.1 Å². The predicted molar refractivity (Wildman–Crippen MR) is 117 cm³/mol. The van der Waals surface area contributed by atoms with Crippen LogP contribution in [-0.4, -0.2) is 52.2 Å². The first-order chi connectivity index (χ1) is 15.6. The van der Waals surface area contributed by atoms with Gasteiger partial charge >= 0.3 is 12.0 Å². The summed E-state index contributed by atoms with van der Waals surface area (Å²) in [6.07, 6.45) is 0. The average Bonchev–Trinajstić information content (AvgIpc) is 2.77. The second kappa shape index (κ2) is 10.5. The van der Waals surface area contributed by atoms with E-state index >= 15 is 0 Å². The van der Waals surface area contributed by atoms with Gasteiger partial charge in [0.1, 0.15) is 19.3 Å². The molecule has 0 aromatic heterocycles. The van der Waals surface area contributed by atoms with E-state index in [-0.39, 0.29) is 4.90 Å². The van der Waals surface area contributed by atoms with Crippen LogP contribution in [0.15, 0.2) is 47.4 Å². The van der Waals surface area contributed by atoms with Gasteiger partial charge in [0.05, 0.1) is 4.90 Å². The number of amides is 3. The maximum absolute atomic E-state index is 12.3. The molecule has 0 fully saturated rings. The van der Waals surface area contributed by atoms with Gasteiger partial charge in [-0.2, -0.15) is 4.72 Å². The number of fused-ring (bicyclic) bond motifs is 1. The first kappa shape index (κ1) is 24.3. The molecule has 1 heterocycles. The SMILES string of the molecule is C[C@H](NS(=O)(=O)c1ccc(Cl)cc1)C(=O)OCC(=O)NC(=O)Nc1ccc2c(c1)OCCO2. The molecule has 3 amide bonds. The Hall–Kier alpha value is -3.35. The topological polar surface area (TPSA) is 149 Å². The second-order valence-corrected chi connectivity index (χ2v) is 8.92. The summed E-state index contributed by atoms with van der Waals surface area (Å²) in [6.45, 7) is 1.26. The van der Waals surface area contributed by atoms with E-state index in [2.05, 4.69) is 10.0 Å². The van der Waals surface area contributed by atoms with Gasteiger partial charge in [-0.05, 0) is 43.3 Å². The van der Waals surface area contributed by atoms with Crippen LogP contribution in [0.1, 0.15) is 6.92 Å². The fourth-order valence-electron chi connectivity index (χ4n) is 2.67.